The van der Waals surface area contributed by atoms with Crippen molar-refractivity contribution in [2.45, 2.75) is 38.8 Å². The molecule has 1 aliphatic heterocycles. The highest BCUT2D eigenvalue weighted by Crippen LogP contribution is 2.37. The number of ether oxygens (including phenoxy) is 1. The number of nitrogens with one attached hydrogen (secondary N) is 3. The second-order valence-corrected chi connectivity index (χ2v) is 6.90. The first-order valence-corrected chi connectivity index (χ1v) is 8.83. The van der Waals surface area contributed by atoms with Crippen molar-refractivity contribution >= 4 is 5.91 Å². The molecule has 2 aliphatic rings. The van der Waals surface area contributed by atoms with Gasteiger partial charge >= 0.3 is 0 Å². The number of aromatic amines is 2. The summed E-state index contributed by atoms with van der Waals surface area (Å²) >= 11 is 0. The molecule has 1 amide bonds. The van der Waals surface area contributed by atoms with Gasteiger partial charge in [-0.05, 0) is 43.9 Å². The summed E-state index contributed by atoms with van der Waals surface area (Å²) in [5.41, 5.74) is 6.46. The van der Waals surface area contributed by atoms with Crippen LogP contribution in [0.15, 0.2) is 24.3 Å². The first-order chi connectivity index (χ1) is 12.7. The quantitative estimate of drug-likeness (QED) is 0.661. The number of carbonyl (C=O) groups excluding carboxylic acids is 1. The van der Waals surface area contributed by atoms with Crippen molar-refractivity contribution in [2.75, 3.05) is 0 Å². The van der Waals surface area contributed by atoms with Crippen molar-refractivity contribution in [1.29, 1.82) is 0 Å². The lowest BCUT2D eigenvalue weighted by atomic mass is 9.91. The van der Waals surface area contributed by atoms with Crippen molar-refractivity contribution in [3.8, 4) is 17.0 Å². The van der Waals surface area contributed by atoms with E-state index in [1.54, 1.807) is 0 Å². The fraction of sp³-hybridized carbons (Fsp3) is 0.316. The molecule has 1 atom stereocenters. The lowest BCUT2D eigenvalue weighted by Gasteiger charge is -2.23. The minimum Gasteiger partial charge on any atom is -0.488 e. The van der Waals surface area contributed by atoms with E-state index < -0.39 is 0 Å². The molecule has 26 heavy (non-hydrogen) atoms. The molecule has 3 aromatic rings. The molecule has 7 nitrogen and oxygen atoms in total. The van der Waals surface area contributed by atoms with Gasteiger partial charge in [-0.25, -0.2) is 0 Å². The largest absolute Gasteiger partial charge is 0.488 e. The van der Waals surface area contributed by atoms with E-state index in [1.807, 2.05) is 31.2 Å². The molecule has 1 aromatic carbocycles. The number of rotatable bonds is 2. The summed E-state index contributed by atoms with van der Waals surface area (Å²) in [4.78, 5) is 12.8. The second-order valence-electron chi connectivity index (χ2n) is 6.90. The van der Waals surface area contributed by atoms with Crippen molar-refractivity contribution in [1.82, 2.24) is 25.7 Å². The molecule has 7 heteroatoms. The first kappa shape index (κ1) is 15.2. The predicted molar refractivity (Wildman–Crippen MR) is 95.0 cm³/mol. The molecule has 3 N–H and O–H groups in total. The van der Waals surface area contributed by atoms with E-state index >= 15 is 0 Å². The maximum absolute atomic E-state index is 12.8. The van der Waals surface area contributed by atoms with E-state index in [1.165, 1.54) is 5.56 Å². The van der Waals surface area contributed by atoms with Crippen molar-refractivity contribution in [2.24, 2.45) is 0 Å². The Bertz CT molecular complexity index is 1000. The molecule has 3 heterocycles. The fourth-order valence-electron chi connectivity index (χ4n) is 3.87. The van der Waals surface area contributed by atoms with Crippen LogP contribution in [0.25, 0.3) is 11.3 Å². The van der Waals surface area contributed by atoms with Crippen LogP contribution in [-0.4, -0.2) is 32.3 Å². The van der Waals surface area contributed by atoms with Crippen LogP contribution >= 0.6 is 0 Å². The van der Waals surface area contributed by atoms with Crippen molar-refractivity contribution in [3.05, 3.63) is 52.5 Å². The number of nitrogens with zero attached hydrogens (tertiary/aromatic N) is 2. The molecule has 0 saturated heterocycles. The van der Waals surface area contributed by atoms with Crippen LogP contribution in [0.4, 0.5) is 0 Å². The summed E-state index contributed by atoms with van der Waals surface area (Å²) < 4.78 is 5.79. The highest BCUT2D eigenvalue weighted by Gasteiger charge is 2.29. The number of hydrogen-bond acceptors (Lipinski definition) is 4. The number of fused-ring (bicyclic) bond motifs is 4. The molecule has 0 radical (unpaired) electrons. The fourth-order valence-corrected chi connectivity index (χ4v) is 3.87. The number of aromatic nitrogens is 4. The molecule has 0 fully saturated rings. The minimum absolute atomic E-state index is 0.0991. The molecular weight excluding hydrogens is 330 g/mol. The number of amides is 1. The number of para-hydroxylation sites is 1. The van der Waals surface area contributed by atoms with Gasteiger partial charge in [0.1, 0.15) is 23.7 Å². The third-order valence-corrected chi connectivity index (χ3v) is 5.28. The SMILES string of the molecule is Cc1[nH]nc2c1CC(NC(=O)c1[nH]nc3c1COc1ccccc1-3)CC2. The maximum atomic E-state index is 12.8. The summed E-state index contributed by atoms with van der Waals surface area (Å²) in [5.74, 6) is 0.671. The average molecular weight is 349 g/mol. The smallest absolute Gasteiger partial charge is 0.269 e. The molecule has 1 unspecified atom stereocenters. The van der Waals surface area contributed by atoms with Gasteiger partial charge in [-0.15, -0.1) is 0 Å². The van der Waals surface area contributed by atoms with Crippen molar-refractivity contribution < 1.29 is 9.53 Å². The molecule has 0 saturated carbocycles. The van der Waals surface area contributed by atoms with E-state index in [4.69, 9.17) is 4.74 Å². The highest BCUT2D eigenvalue weighted by molar-refractivity contribution is 5.96. The normalized spacial score (nSPS) is 17.7. The van der Waals surface area contributed by atoms with Crippen LogP contribution in [-0.2, 0) is 19.4 Å². The molecule has 0 spiro atoms. The molecule has 0 bridgehead atoms. The Morgan fingerprint density at radius 1 is 1.23 bits per heavy atom. The van der Waals surface area contributed by atoms with Crippen LogP contribution in [0.3, 0.4) is 0 Å². The zero-order valence-corrected chi connectivity index (χ0v) is 14.4. The van der Waals surface area contributed by atoms with Gasteiger partial charge in [-0.1, -0.05) is 12.1 Å². The van der Waals surface area contributed by atoms with Gasteiger partial charge in [0.05, 0.1) is 5.69 Å². The van der Waals surface area contributed by atoms with Crippen LogP contribution < -0.4 is 10.1 Å². The summed E-state index contributed by atoms with van der Waals surface area (Å²) in [7, 11) is 0. The van der Waals surface area contributed by atoms with Crippen LogP contribution in [0.2, 0.25) is 0 Å². The second kappa shape index (κ2) is 5.72. The van der Waals surface area contributed by atoms with Crippen LogP contribution in [0.1, 0.15) is 39.4 Å². The van der Waals surface area contributed by atoms with Gasteiger partial charge in [0, 0.05) is 22.9 Å². The Kier molecular flexibility index (Phi) is 3.34. The van der Waals surface area contributed by atoms with Gasteiger partial charge in [0.15, 0.2) is 0 Å². The summed E-state index contributed by atoms with van der Waals surface area (Å²) in [6.07, 6.45) is 2.57. The Labute approximate surface area is 150 Å². The third-order valence-electron chi connectivity index (χ3n) is 5.28. The monoisotopic (exact) mass is 349 g/mol. The van der Waals surface area contributed by atoms with Gasteiger partial charge in [-0.2, -0.15) is 10.2 Å². The Morgan fingerprint density at radius 3 is 3.04 bits per heavy atom. The Balaban J connectivity index is 1.38. The van der Waals surface area contributed by atoms with Gasteiger partial charge in [-0.3, -0.25) is 15.0 Å². The van der Waals surface area contributed by atoms with E-state index in [-0.39, 0.29) is 11.9 Å². The van der Waals surface area contributed by atoms with E-state index in [2.05, 4.69) is 25.7 Å². The predicted octanol–water partition coefficient (Wildman–Crippen LogP) is 2.29. The van der Waals surface area contributed by atoms with Gasteiger partial charge < -0.3 is 10.1 Å². The maximum Gasteiger partial charge on any atom is 0.269 e. The summed E-state index contributed by atoms with van der Waals surface area (Å²) in [6.45, 7) is 2.37. The van der Waals surface area contributed by atoms with E-state index in [9.17, 15) is 4.79 Å². The molecule has 1 aliphatic carbocycles. The third kappa shape index (κ3) is 2.31. The average Bonchev–Trinajstić information content (AvgIpc) is 3.26. The molecular formula is C19H19N5O2. The van der Waals surface area contributed by atoms with Crippen LogP contribution in [0, 0.1) is 6.92 Å². The van der Waals surface area contributed by atoms with Crippen molar-refractivity contribution in [3.63, 3.8) is 0 Å². The number of hydrogen-bond donors (Lipinski definition) is 3. The molecule has 2 aromatic heterocycles. The number of H-pyrrole nitrogens is 2. The minimum atomic E-state index is -0.128. The first-order valence-electron chi connectivity index (χ1n) is 8.83. The summed E-state index contributed by atoms with van der Waals surface area (Å²) in [5, 5.41) is 17.8. The molecule has 5 rings (SSSR count). The zero-order valence-electron chi connectivity index (χ0n) is 14.4. The van der Waals surface area contributed by atoms with Gasteiger partial charge in [0.25, 0.3) is 5.91 Å². The lowest BCUT2D eigenvalue weighted by Crippen LogP contribution is -2.39. The topological polar surface area (TPSA) is 95.7 Å². The summed E-state index contributed by atoms with van der Waals surface area (Å²) in [6, 6.07) is 7.85. The Hall–Kier alpha value is -3.09. The number of benzene rings is 1. The van der Waals surface area contributed by atoms with E-state index in [0.29, 0.717) is 12.3 Å². The van der Waals surface area contributed by atoms with E-state index in [0.717, 1.165) is 53.2 Å². The zero-order chi connectivity index (χ0) is 17.7. The lowest BCUT2D eigenvalue weighted by molar-refractivity contribution is 0.0926. The Morgan fingerprint density at radius 2 is 2.12 bits per heavy atom. The van der Waals surface area contributed by atoms with Crippen LogP contribution in [0.5, 0.6) is 5.75 Å². The number of aryl methyl sites for hydroxylation is 2. The number of carbonyl (C=O) groups is 1. The highest BCUT2D eigenvalue weighted by atomic mass is 16.5. The standard InChI is InChI=1S/C19H19N5O2/c1-10-13-8-11(6-7-15(13)22-21-10)20-19(25)18-14-9-26-16-5-3-2-4-12(16)17(14)23-24-18/h2-5,11H,6-9H2,1H3,(H,20,25)(H,21,22)(H,23,24). The van der Waals surface area contributed by atoms with Gasteiger partial charge in [0.2, 0.25) is 0 Å². The molecule has 132 valence electrons.